The van der Waals surface area contributed by atoms with Crippen molar-refractivity contribution in [2.75, 3.05) is 6.61 Å². The second-order valence-electron chi connectivity index (χ2n) is 9.82. The van der Waals surface area contributed by atoms with Crippen molar-refractivity contribution in [1.29, 1.82) is 0 Å². The van der Waals surface area contributed by atoms with E-state index in [1.54, 1.807) is 18.2 Å². The monoisotopic (exact) mass is 510 g/mol. The molecule has 4 rings (SSSR count). The number of hydrogen-bond acceptors (Lipinski definition) is 3. The van der Waals surface area contributed by atoms with Gasteiger partial charge in [-0.25, -0.2) is 8.78 Å². The highest BCUT2D eigenvalue weighted by atomic mass is 19.2. The van der Waals surface area contributed by atoms with Gasteiger partial charge in [0, 0.05) is 5.56 Å². The minimum atomic E-state index is -1.17. The van der Waals surface area contributed by atoms with Gasteiger partial charge >= 0.3 is 5.97 Å². The van der Waals surface area contributed by atoms with Crippen molar-refractivity contribution in [2.45, 2.75) is 64.7 Å². The predicted octanol–water partition coefficient (Wildman–Crippen LogP) is 8.53. The number of aryl methyl sites for hydroxylation is 1. The molecule has 0 bridgehead atoms. The zero-order chi connectivity index (χ0) is 26.4. The minimum Gasteiger partial charge on any atom is -0.491 e. The van der Waals surface area contributed by atoms with Crippen LogP contribution < -0.4 is 9.47 Å². The zero-order valence-electron chi connectivity index (χ0n) is 21.4. The molecular weight excluding hydrogens is 477 g/mol. The van der Waals surface area contributed by atoms with Crippen LogP contribution in [0.15, 0.2) is 54.6 Å². The van der Waals surface area contributed by atoms with E-state index in [1.807, 2.05) is 25.1 Å². The summed E-state index contributed by atoms with van der Waals surface area (Å²) in [5.74, 6) is -3.59. The lowest BCUT2D eigenvalue weighted by molar-refractivity contribution is -0.140. The second-order valence-corrected chi connectivity index (χ2v) is 9.82. The standard InChI is InChI=1S/C31H33F3O3/c1-3-4-5-18-36-27-16-14-24(19-26(27)32)21-10-12-23(13-11-21)31(35)37-28-17-15-25(29(33)30(28)34)22-8-6-20(2)7-9-22/h6-9,14-17,19,21,23H,3-5,10-13,18H2,1-2H3. The Morgan fingerprint density at radius 3 is 2.24 bits per heavy atom. The molecule has 0 amide bonds. The molecule has 196 valence electrons. The van der Waals surface area contributed by atoms with E-state index in [9.17, 15) is 18.0 Å². The normalized spacial score (nSPS) is 17.4. The van der Waals surface area contributed by atoms with E-state index in [2.05, 4.69) is 6.92 Å². The molecule has 0 atom stereocenters. The fraction of sp³-hybridized carbons (Fsp3) is 0.387. The number of esters is 1. The van der Waals surface area contributed by atoms with Crippen LogP contribution in [0.1, 0.15) is 68.9 Å². The van der Waals surface area contributed by atoms with Gasteiger partial charge in [0.25, 0.3) is 0 Å². The molecule has 1 fully saturated rings. The van der Waals surface area contributed by atoms with Crippen LogP contribution in [0, 0.1) is 30.3 Å². The lowest BCUT2D eigenvalue weighted by atomic mass is 9.78. The van der Waals surface area contributed by atoms with E-state index in [0.29, 0.717) is 37.9 Å². The second kappa shape index (κ2) is 12.3. The maximum atomic E-state index is 14.7. The third kappa shape index (κ3) is 6.54. The summed E-state index contributed by atoms with van der Waals surface area (Å²) in [4.78, 5) is 12.7. The van der Waals surface area contributed by atoms with E-state index in [0.717, 1.165) is 30.4 Å². The summed E-state index contributed by atoms with van der Waals surface area (Å²) in [6.45, 7) is 4.51. The molecule has 1 aliphatic carbocycles. The van der Waals surface area contributed by atoms with E-state index >= 15 is 0 Å². The van der Waals surface area contributed by atoms with Crippen LogP contribution in [-0.2, 0) is 4.79 Å². The van der Waals surface area contributed by atoms with Crippen LogP contribution in [0.25, 0.3) is 11.1 Å². The topological polar surface area (TPSA) is 35.5 Å². The Balaban J connectivity index is 1.33. The Hall–Kier alpha value is -3.28. The van der Waals surface area contributed by atoms with Crippen molar-refractivity contribution in [3.05, 3.63) is 83.2 Å². The Bertz CT molecular complexity index is 1220. The maximum absolute atomic E-state index is 14.7. The van der Waals surface area contributed by atoms with Gasteiger partial charge in [-0.2, -0.15) is 4.39 Å². The van der Waals surface area contributed by atoms with Gasteiger partial charge in [-0.05, 0) is 80.3 Å². The molecule has 3 aromatic rings. The Morgan fingerprint density at radius 2 is 1.57 bits per heavy atom. The van der Waals surface area contributed by atoms with Crippen LogP contribution in [0.3, 0.4) is 0 Å². The molecule has 0 aliphatic heterocycles. The van der Waals surface area contributed by atoms with Gasteiger partial charge in [0.1, 0.15) is 0 Å². The molecule has 0 saturated heterocycles. The summed E-state index contributed by atoms with van der Waals surface area (Å²) < 4.78 is 54.8. The number of rotatable bonds is 9. The van der Waals surface area contributed by atoms with Gasteiger partial charge in [0.2, 0.25) is 5.82 Å². The van der Waals surface area contributed by atoms with Gasteiger partial charge in [0.05, 0.1) is 12.5 Å². The number of carbonyl (C=O) groups excluding carboxylic acids is 1. The highest BCUT2D eigenvalue weighted by Crippen LogP contribution is 2.38. The first-order chi connectivity index (χ1) is 17.9. The Morgan fingerprint density at radius 1 is 0.865 bits per heavy atom. The average Bonchev–Trinajstić information content (AvgIpc) is 2.91. The molecule has 0 N–H and O–H groups in total. The van der Waals surface area contributed by atoms with Gasteiger partial charge in [-0.15, -0.1) is 0 Å². The number of hydrogen-bond donors (Lipinski definition) is 0. The summed E-state index contributed by atoms with van der Waals surface area (Å²) in [7, 11) is 0. The maximum Gasteiger partial charge on any atom is 0.314 e. The molecular formula is C31H33F3O3. The van der Waals surface area contributed by atoms with E-state index in [-0.39, 0.29) is 23.0 Å². The third-order valence-electron chi connectivity index (χ3n) is 7.11. The number of ether oxygens (including phenoxy) is 2. The smallest absolute Gasteiger partial charge is 0.314 e. The fourth-order valence-corrected chi connectivity index (χ4v) is 4.84. The van der Waals surface area contributed by atoms with Gasteiger partial charge in [-0.3, -0.25) is 4.79 Å². The molecule has 0 radical (unpaired) electrons. The van der Waals surface area contributed by atoms with Gasteiger partial charge in [-0.1, -0.05) is 55.7 Å². The number of unbranched alkanes of at least 4 members (excludes halogenated alkanes) is 2. The molecule has 3 nitrogen and oxygen atoms in total. The number of halogens is 3. The fourth-order valence-electron chi connectivity index (χ4n) is 4.84. The van der Waals surface area contributed by atoms with Crippen LogP contribution in [0.2, 0.25) is 0 Å². The molecule has 1 saturated carbocycles. The SMILES string of the molecule is CCCCCOc1ccc(C2CCC(C(=O)Oc3ccc(-c4ccc(C)cc4)c(F)c3F)CC2)cc1F. The van der Waals surface area contributed by atoms with Crippen molar-refractivity contribution in [2.24, 2.45) is 5.92 Å². The summed E-state index contributed by atoms with van der Waals surface area (Å²) in [6, 6.07) is 14.9. The lowest BCUT2D eigenvalue weighted by Crippen LogP contribution is -2.25. The molecule has 0 unspecified atom stereocenters. The molecule has 0 heterocycles. The first kappa shape index (κ1) is 26.8. The summed E-state index contributed by atoms with van der Waals surface area (Å²) in [5.41, 5.74) is 2.55. The molecule has 1 aliphatic rings. The van der Waals surface area contributed by atoms with Crippen molar-refractivity contribution < 1.29 is 27.4 Å². The predicted molar refractivity (Wildman–Crippen MR) is 138 cm³/mol. The third-order valence-corrected chi connectivity index (χ3v) is 7.11. The molecule has 6 heteroatoms. The van der Waals surface area contributed by atoms with Gasteiger partial charge in [0.15, 0.2) is 23.1 Å². The van der Waals surface area contributed by atoms with Crippen LogP contribution in [0.4, 0.5) is 13.2 Å². The molecule has 3 aromatic carbocycles. The van der Waals surface area contributed by atoms with Crippen LogP contribution >= 0.6 is 0 Å². The first-order valence-electron chi connectivity index (χ1n) is 13.1. The highest BCUT2D eigenvalue weighted by Gasteiger charge is 2.30. The highest BCUT2D eigenvalue weighted by molar-refractivity contribution is 5.76. The lowest BCUT2D eigenvalue weighted by Gasteiger charge is -2.27. The minimum absolute atomic E-state index is 0.113. The zero-order valence-corrected chi connectivity index (χ0v) is 21.4. The van der Waals surface area contributed by atoms with E-state index < -0.39 is 29.3 Å². The van der Waals surface area contributed by atoms with Crippen molar-refractivity contribution in [3.63, 3.8) is 0 Å². The number of benzene rings is 3. The van der Waals surface area contributed by atoms with Crippen molar-refractivity contribution >= 4 is 5.97 Å². The summed E-state index contributed by atoms with van der Waals surface area (Å²) >= 11 is 0. The van der Waals surface area contributed by atoms with Gasteiger partial charge < -0.3 is 9.47 Å². The largest absolute Gasteiger partial charge is 0.491 e. The van der Waals surface area contributed by atoms with Crippen LogP contribution in [-0.4, -0.2) is 12.6 Å². The van der Waals surface area contributed by atoms with E-state index in [4.69, 9.17) is 9.47 Å². The summed E-state index contributed by atoms with van der Waals surface area (Å²) in [6.07, 6.45) is 5.44. The molecule has 0 aromatic heterocycles. The quantitative estimate of drug-likeness (QED) is 0.164. The van der Waals surface area contributed by atoms with Crippen molar-refractivity contribution in [3.8, 4) is 22.6 Å². The molecule has 0 spiro atoms. The average molecular weight is 511 g/mol. The van der Waals surface area contributed by atoms with Crippen LogP contribution in [0.5, 0.6) is 11.5 Å². The van der Waals surface area contributed by atoms with Crippen molar-refractivity contribution in [1.82, 2.24) is 0 Å². The Kier molecular flexibility index (Phi) is 8.91. The Labute approximate surface area is 216 Å². The number of carbonyl (C=O) groups is 1. The summed E-state index contributed by atoms with van der Waals surface area (Å²) in [5, 5.41) is 0. The molecule has 37 heavy (non-hydrogen) atoms. The van der Waals surface area contributed by atoms with E-state index in [1.165, 1.54) is 18.2 Å². The first-order valence-corrected chi connectivity index (χ1v) is 13.1.